The van der Waals surface area contributed by atoms with Gasteiger partial charge in [0.15, 0.2) is 0 Å². The second-order valence-electron chi connectivity index (χ2n) is 4.58. The topological polar surface area (TPSA) is 77.8 Å². The Morgan fingerprint density at radius 2 is 2.11 bits per heavy atom. The van der Waals surface area contributed by atoms with E-state index in [2.05, 4.69) is 15.5 Å². The number of hydrogen-bond acceptors (Lipinski definition) is 2. The molecule has 0 unspecified atom stereocenters. The Hall–Kier alpha value is -2.11. The summed E-state index contributed by atoms with van der Waals surface area (Å²) in [4.78, 5) is 23.0. The fourth-order valence-electron chi connectivity index (χ4n) is 2.11. The molecular formula is C12H12FN3O2. The van der Waals surface area contributed by atoms with E-state index in [1.54, 1.807) is 6.07 Å². The predicted octanol–water partition coefficient (Wildman–Crippen LogP) is 1.73. The first-order valence-corrected chi connectivity index (χ1v) is 5.86. The van der Waals surface area contributed by atoms with Crippen LogP contribution in [0.15, 0.2) is 16.9 Å². The first kappa shape index (κ1) is 11.0. The van der Waals surface area contributed by atoms with Crippen LogP contribution in [0.5, 0.6) is 0 Å². The molecule has 1 fully saturated rings. The number of amides is 1. The van der Waals surface area contributed by atoms with Crippen molar-refractivity contribution in [1.29, 1.82) is 0 Å². The number of anilines is 1. The lowest BCUT2D eigenvalue weighted by Gasteiger charge is -2.24. The molecule has 2 aromatic rings. The molecule has 0 radical (unpaired) electrons. The smallest absolute Gasteiger partial charge is 0.274 e. The number of carbonyl (C=O) groups excluding carboxylic acids is 1. The number of benzene rings is 1. The van der Waals surface area contributed by atoms with Crippen LogP contribution in [-0.4, -0.2) is 16.1 Å². The molecule has 1 aromatic carbocycles. The second kappa shape index (κ2) is 3.97. The molecule has 0 bridgehead atoms. The Morgan fingerprint density at radius 3 is 2.78 bits per heavy atom. The minimum atomic E-state index is -0.640. The van der Waals surface area contributed by atoms with E-state index >= 15 is 0 Å². The molecule has 5 nitrogen and oxygen atoms in total. The summed E-state index contributed by atoms with van der Waals surface area (Å²) in [6, 6.07) is 2.72. The third-order valence-electron chi connectivity index (χ3n) is 3.37. The van der Waals surface area contributed by atoms with E-state index in [1.807, 2.05) is 0 Å². The number of aromatic amines is 2. The highest BCUT2D eigenvalue weighted by Gasteiger charge is 2.25. The van der Waals surface area contributed by atoms with Gasteiger partial charge in [-0.2, -0.15) is 0 Å². The van der Waals surface area contributed by atoms with Crippen molar-refractivity contribution in [1.82, 2.24) is 10.2 Å². The summed E-state index contributed by atoms with van der Waals surface area (Å²) in [5.41, 5.74) is 0.218. The number of halogens is 1. The van der Waals surface area contributed by atoms with Crippen LogP contribution in [0.3, 0.4) is 0 Å². The van der Waals surface area contributed by atoms with E-state index in [4.69, 9.17) is 0 Å². The minimum Gasteiger partial charge on any atom is -0.326 e. The zero-order valence-electron chi connectivity index (χ0n) is 9.55. The Bertz CT molecular complexity index is 670. The molecule has 0 atom stereocenters. The van der Waals surface area contributed by atoms with Gasteiger partial charge in [0.05, 0.1) is 5.52 Å². The first-order chi connectivity index (χ1) is 8.65. The van der Waals surface area contributed by atoms with E-state index in [1.165, 1.54) is 6.07 Å². The minimum absolute atomic E-state index is 0.0170. The van der Waals surface area contributed by atoms with Crippen LogP contribution in [0.2, 0.25) is 0 Å². The molecule has 0 aliphatic heterocycles. The number of rotatable bonds is 2. The van der Waals surface area contributed by atoms with Gasteiger partial charge < -0.3 is 5.32 Å². The van der Waals surface area contributed by atoms with Gasteiger partial charge in [-0.15, -0.1) is 0 Å². The maximum atomic E-state index is 13.7. The Kier molecular flexibility index (Phi) is 2.43. The Morgan fingerprint density at radius 1 is 1.33 bits per heavy atom. The Balaban J connectivity index is 1.92. The zero-order chi connectivity index (χ0) is 12.7. The van der Waals surface area contributed by atoms with Crippen LogP contribution < -0.4 is 10.9 Å². The van der Waals surface area contributed by atoms with Crippen LogP contribution in [0.1, 0.15) is 19.3 Å². The van der Waals surface area contributed by atoms with E-state index in [-0.39, 0.29) is 17.2 Å². The van der Waals surface area contributed by atoms with Gasteiger partial charge in [0.2, 0.25) is 5.91 Å². The van der Waals surface area contributed by atoms with Crippen molar-refractivity contribution in [3.05, 3.63) is 28.3 Å². The number of aromatic nitrogens is 2. The van der Waals surface area contributed by atoms with Gasteiger partial charge in [-0.1, -0.05) is 6.42 Å². The Labute approximate surface area is 101 Å². The lowest BCUT2D eigenvalue weighted by molar-refractivity contribution is -0.122. The largest absolute Gasteiger partial charge is 0.326 e. The highest BCUT2D eigenvalue weighted by atomic mass is 19.1. The van der Waals surface area contributed by atoms with Crippen molar-refractivity contribution in [2.75, 3.05) is 5.32 Å². The van der Waals surface area contributed by atoms with Crippen LogP contribution in [0.25, 0.3) is 10.9 Å². The summed E-state index contributed by atoms with van der Waals surface area (Å²) in [6.45, 7) is 0. The first-order valence-electron chi connectivity index (χ1n) is 5.86. The highest BCUT2D eigenvalue weighted by Crippen LogP contribution is 2.28. The van der Waals surface area contributed by atoms with Gasteiger partial charge >= 0.3 is 0 Å². The SMILES string of the molecule is O=C(Nc1cc(F)c2c(=O)[nH][nH]c2c1)C1CCC1. The average molecular weight is 249 g/mol. The third kappa shape index (κ3) is 1.70. The lowest BCUT2D eigenvalue weighted by atomic mass is 9.85. The summed E-state index contributed by atoms with van der Waals surface area (Å²) in [5.74, 6) is -0.689. The summed E-state index contributed by atoms with van der Waals surface area (Å²) in [7, 11) is 0. The number of nitrogens with one attached hydrogen (secondary N) is 3. The van der Waals surface area contributed by atoms with Gasteiger partial charge in [-0.25, -0.2) is 4.39 Å². The molecule has 1 aliphatic rings. The van der Waals surface area contributed by atoms with Crippen molar-refractivity contribution in [2.24, 2.45) is 5.92 Å². The normalized spacial score (nSPS) is 15.6. The van der Waals surface area contributed by atoms with Crippen molar-refractivity contribution >= 4 is 22.5 Å². The molecule has 0 spiro atoms. The van der Waals surface area contributed by atoms with E-state index < -0.39 is 11.4 Å². The number of carbonyl (C=O) groups is 1. The van der Waals surface area contributed by atoms with Gasteiger partial charge in [0, 0.05) is 11.6 Å². The molecule has 1 heterocycles. The fourth-order valence-corrected chi connectivity index (χ4v) is 2.11. The average Bonchev–Trinajstić information content (AvgIpc) is 2.57. The summed E-state index contributed by atoms with van der Waals surface area (Å²) in [6.07, 6.45) is 2.84. The molecule has 0 saturated heterocycles. The summed E-state index contributed by atoms with van der Waals surface area (Å²) >= 11 is 0. The van der Waals surface area contributed by atoms with Gasteiger partial charge in [-0.3, -0.25) is 19.8 Å². The van der Waals surface area contributed by atoms with Crippen molar-refractivity contribution in [2.45, 2.75) is 19.3 Å². The molecule has 94 valence electrons. The van der Waals surface area contributed by atoms with Crippen molar-refractivity contribution < 1.29 is 9.18 Å². The van der Waals surface area contributed by atoms with Crippen molar-refractivity contribution in [3.8, 4) is 0 Å². The summed E-state index contributed by atoms with van der Waals surface area (Å²) < 4.78 is 13.7. The van der Waals surface area contributed by atoms with Gasteiger partial charge in [0.25, 0.3) is 5.56 Å². The standard InChI is InChI=1S/C12H12FN3O2/c13-8-4-7(14-11(17)6-2-1-3-6)5-9-10(8)12(18)16-15-9/h4-6H,1-3H2,(H,14,17)(H2,15,16,18). The quantitative estimate of drug-likeness (QED) is 0.758. The van der Waals surface area contributed by atoms with Crippen LogP contribution >= 0.6 is 0 Å². The maximum absolute atomic E-state index is 13.7. The molecule has 1 saturated carbocycles. The van der Waals surface area contributed by atoms with Crippen LogP contribution in [-0.2, 0) is 4.79 Å². The molecule has 18 heavy (non-hydrogen) atoms. The molecule has 6 heteroatoms. The van der Waals surface area contributed by atoms with Crippen LogP contribution in [0.4, 0.5) is 10.1 Å². The second-order valence-corrected chi connectivity index (χ2v) is 4.58. The zero-order valence-corrected chi connectivity index (χ0v) is 9.55. The monoisotopic (exact) mass is 249 g/mol. The number of H-pyrrole nitrogens is 2. The van der Waals surface area contributed by atoms with Gasteiger partial charge in [0.1, 0.15) is 11.2 Å². The lowest BCUT2D eigenvalue weighted by Crippen LogP contribution is -2.28. The summed E-state index contributed by atoms with van der Waals surface area (Å²) in [5, 5.41) is 7.53. The molecule has 1 amide bonds. The third-order valence-corrected chi connectivity index (χ3v) is 3.37. The number of fused-ring (bicyclic) bond motifs is 1. The highest BCUT2D eigenvalue weighted by molar-refractivity contribution is 5.95. The molecule has 1 aromatic heterocycles. The van der Waals surface area contributed by atoms with Crippen molar-refractivity contribution in [3.63, 3.8) is 0 Å². The molecule has 3 rings (SSSR count). The van der Waals surface area contributed by atoms with E-state index in [0.717, 1.165) is 19.3 Å². The van der Waals surface area contributed by atoms with Crippen LogP contribution in [0, 0.1) is 11.7 Å². The molecule has 1 aliphatic carbocycles. The maximum Gasteiger partial charge on any atom is 0.274 e. The van der Waals surface area contributed by atoms with Gasteiger partial charge in [-0.05, 0) is 25.0 Å². The molecular weight excluding hydrogens is 237 g/mol. The molecule has 3 N–H and O–H groups in total. The van der Waals surface area contributed by atoms with E-state index in [9.17, 15) is 14.0 Å². The van der Waals surface area contributed by atoms with E-state index in [0.29, 0.717) is 11.2 Å². The fraction of sp³-hybridized carbons (Fsp3) is 0.333. The number of hydrogen-bond donors (Lipinski definition) is 3. The predicted molar refractivity (Wildman–Crippen MR) is 64.8 cm³/mol.